The molecule has 12 heteroatoms. The quantitative estimate of drug-likeness (QED) is 0.523. The minimum atomic E-state index is -4.24. The first-order chi connectivity index (χ1) is 11.7. The molecule has 0 radical (unpaired) electrons. The van der Waals surface area contributed by atoms with Crippen LogP contribution < -0.4 is 4.72 Å². The van der Waals surface area contributed by atoms with E-state index in [-0.39, 0.29) is 20.4 Å². The Morgan fingerprint density at radius 1 is 1.24 bits per heavy atom. The van der Waals surface area contributed by atoms with Gasteiger partial charge in [-0.25, -0.2) is 22.2 Å². The van der Waals surface area contributed by atoms with Crippen LogP contribution in [-0.2, 0) is 10.0 Å². The number of thiazole rings is 1. The van der Waals surface area contributed by atoms with Crippen molar-refractivity contribution < 1.29 is 22.1 Å². The van der Waals surface area contributed by atoms with Crippen molar-refractivity contribution in [2.45, 2.75) is 4.90 Å². The fraction of sp³-hybridized carbons (Fsp3) is 0. The van der Waals surface area contributed by atoms with Gasteiger partial charge in [-0.15, -0.1) is 0 Å². The molecule has 0 spiro atoms. The molecule has 0 bridgehead atoms. The first-order valence-corrected chi connectivity index (χ1v) is 9.07. The van der Waals surface area contributed by atoms with Crippen LogP contribution in [0.25, 0.3) is 10.2 Å². The molecule has 0 saturated heterocycles. The van der Waals surface area contributed by atoms with Crippen molar-refractivity contribution in [3.05, 3.63) is 57.1 Å². The van der Waals surface area contributed by atoms with Crippen molar-refractivity contribution in [3.63, 3.8) is 0 Å². The number of nitrogens with one attached hydrogen (secondary N) is 1. The molecule has 1 N–H and O–H groups in total. The molecular formula is C13H6ClF2N3O4S2. The van der Waals surface area contributed by atoms with E-state index in [1.54, 1.807) is 0 Å². The summed E-state index contributed by atoms with van der Waals surface area (Å²) in [6.07, 6.45) is 0. The topological polar surface area (TPSA) is 102 Å². The monoisotopic (exact) mass is 405 g/mol. The lowest BCUT2D eigenvalue weighted by Gasteiger charge is -2.05. The summed E-state index contributed by atoms with van der Waals surface area (Å²) in [6, 6.07) is 4.58. The molecule has 0 unspecified atom stereocenters. The first-order valence-electron chi connectivity index (χ1n) is 6.40. The van der Waals surface area contributed by atoms with Gasteiger partial charge in [-0.05, 0) is 18.2 Å². The highest BCUT2D eigenvalue weighted by Crippen LogP contribution is 2.31. The molecule has 0 fully saturated rings. The van der Waals surface area contributed by atoms with Crippen molar-refractivity contribution in [2.24, 2.45) is 0 Å². The zero-order valence-corrected chi connectivity index (χ0v) is 14.3. The SMILES string of the molecule is O=[N+]([O-])c1cc(S(=O)(=O)Nc2nc3c(F)cc(F)cc3s2)ccc1Cl. The predicted octanol–water partition coefficient (Wildman–Crippen LogP) is 3.94. The lowest BCUT2D eigenvalue weighted by atomic mass is 10.3. The molecule has 3 aromatic rings. The highest BCUT2D eigenvalue weighted by atomic mass is 35.5. The van der Waals surface area contributed by atoms with E-state index in [1.165, 1.54) is 0 Å². The number of sulfonamides is 1. The minimum Gasteiger partial charge on any atom is -0.258 e. The highest BCUT2D eigenvalue weighted by Gasteiger charge is 2.22. The van der Waals surface area contributed by atoms with E-state index in [9.17, 15) is 27.3 Å². The fourth-order valence-electron chi connectivity index (χ4n) is 1.97. The Morgan fingerprint density at radius 2 is 1.96 bits per heavy atom. The molecule has 7 nitrogen and oxygen atoms in total. The van der Waals surface area contributed by atoms with Gasteiger partial charge in [0.05, 0.1) is 14.5 Å². The van der Waals surface area contributed by atoms with E-state index in [0.717, 1.165) is 35.6 Å². The lowest BCUT2D eigenvalue weighted by Crippen LogP contribution is -2.13. The second kappa shape index (κ2) is 6.17. The molecule has 25 heavy (non-hydrogen) atoms. The van der Waals surface area contributed by atoms with Crippen molar-refractivity contribution in [2.75, 3.05) is 4.72 Å². The first kappa shape index (κ1) is 17.5. The zero-order valence-electron chi connectivity index (χ0n) is 11.9. The van der Waals surface area contributed by atoms with Crippen LogP contribution >= 0.6 is 22.9 Å². The maximum Gasteiger partial charge on any atom is 0.289 e. The predicted molar refractivity (Wildman–Crippen MR) is 88.5 cm³/mol. The molecule has 1 heterocycles. The van der Waals surface area contributed by atoms with E-state index in [0.29, 0.717) is 6.07 Å². The zero-order chi connectivity index (χ0) is 18.4. The maximum atomic E-state index is 13.6. The van der Waals surface area contributed by atoms with Gasteiger partial charge in [0.1, 0.15) is 16.4 Å². The van der Waals surface area contributed by atoms with Crippen LogP contribution in [0, 0.1) is 21.7 Å². The van der Waals surface area contributed by atoms with Gasteiger partial charge in [0.15, 0.2) is 10.9 Å². The number of halogens is 3. The van der Waals surface area contributed by atoms with E-state index in [1.807, 2.05) is 0 Å². The highest BCUT2D eigenvalue weighted by molar-refractivity contribution is 7.93. The standard InChI is InChI=1S/C13H6ClF2N3O4S2/c14-8-2-1-7(5-10(8)19(20)21)25(22,23)18-13-17-12-9(16)3-6(15)4-11(12)24-13/h1-5H,(H,17,18). The van der Waals surface area contributed by atoms with Gasteiger partial charge >= 0.3 is 0 Å². The number of fused-ring (bicyclic) bond motifs is 1. The summed E-state index contributed by atoms with van der Waals surface area (Å²) >= 11 is 6.36. The van der Waals surface area contributed by atoms with Crippen LogP contribution in [0.1, 0.15) is 0 Å². The number of aromatic nitrogens is 1. The van der Waals surface area contributed by atoms with Gasteiger partial charge in [0, 0.05) is 12.1 Å². The van der Waals surface area contributed by atoms with Crippen molar-refractivity contribution in [1.29, 1.82) is 0 Å². The molecule has 0 atom stereocenters. The Hall–Kier alpha value is -2.37. The fourth-order valence-corrected chi connectivity index (χ4v) is 4.32. The number of hydrogen-bond acceptors (Lipinski definition) is 6. The molecule has 0 aliphatic heterocycles. The van der Waals surface area contributed by atoms with Crippen molar-refractivity contribution >= 4 is 54.0 Å². The summed E-state index contributed by atoms with van der Waals surface area (Å²) < 4.78 is 53.7. The molecule has 0 aliphatic carbocycles. The lowest BCUT2D eigenvalue weighted by molar-refractivity contribution is -0.384. The Bertz CT molecular complexity index is 1120. The number of hydrogen-bond donors (Lipinski definition) is 1. The summed E-state index contributed by atoms with van der Waals surface area (Å²) in [7, 11) is -4.24. The number of nitro groups is 1. The van der Waals surface area contributed by atoms with E-state index < -0.39 is 37.2 Å². The van der Waals surface area contributed by atoms with Crippen LogP contribution in [-0.4, -0.2) is 18.3 Å². The van der Waals surface area contributed by atoms with Crippen molar-refractivity contribution in [3.8, 4) is 0 Å². The molecule has 3 rings (SSSR count). The summed E-state index contributed by atoms with van der Waals surface area (Å²) in [5.41, 5.74) is -0.770. The molecule has 0 saturated carbocycles. The Kier molecular flexibility index (Phi) is 4.31. The van der Waals surface area contributed by atoms with E-state index in [2.05, 4.69) is 9.71 Å². The van der Waals surface area contributed by atoms with Crippen LogP contribution in [0.4, 0.5) is 19.6 Å². The summed E-state index contributed by atoms with van der Waals surface area (Å²) in [5, 5.41) is 10.4. The smallest absolute Gasteiger partial charge is 0.258 e. The summed E-state index contributed by atoms with van der Waals surface area (Å²) in [4.78, 5) is 13.4. The van der Waals surface area contributed by atoms with E-state index in [4.69, 9.17) is 11.6 Å². The number of nitrogens with zero attached hydrogens (tertiary/aromatic N) is 2. The Morgan fingerprint density at radius 3 is 2.64 bits per heavy atom. The van der Waals surface area contributed by atoms with Crippen LogP contribution in [0.2, 0.25) is 5.02 Å². The largest absolute Gasteiger partial charge is 0.289 e. The summed E-state index contributed by atoms with van der Waals surface area (Å²) in [5.74, 6) is -1.75. The van der Waals surface area contributed by atoms with Crippen LogP contribution in [0.3, 0.4) is 0 Å². The van der Waals surface area contributed by atoms with Gasteiger partial charge in [-0.2, -0.15) is 0 Å². The maximum absolute atomic E-state index is 13.6. The van der Waals surface area contributed by atoms with Crippen LogP contribution in [0.15, 0.2) is 35.2 Å². The summed E-state index contributed by atoms with van der Waals surface area (Å²) in [6.45, 7) is 0. The average Bonchev–Trinajstić information content (AvgIpc) is 2.88. The van der Waals surface area contributed by atoms with Gasteiger partial charge in [-0.1, -0.05) is 22.9 Å². The number of anilines is 1. The number of rotatable bonds is 4. The Labute approximate surface area is 148 Å². The third-order valence-corrected chi connectivity index (χ3v) is 5.76. The Balaban J connectivity index is 2.01. The van der Waals surface area contributed by atoms with Gasteiger partial charge in [0.2, 0.25) is 0 Å². The molecular weight excluding hydrogens is 400 g/mol. The third-order valence-electron chi connectivity index (χ3n) is 3.06. The van der Waals surface area contributed by atoms with Gasteiger partial charge in [-0.3, -0.25) is 14.8 Å². The van der Waals surface area contributed by atoms with Gasteiger partial charge in [0.25, 0.3) is 15.7 Å². The van der Waals surface area contributed by atoms with E-state index >= 15 is 0 Å². The number of nitro benzene ring substituents is 1. The molecule has 1 aromatic heterocycles. The molecule has 2 aromatic carbocycles. The minimum absolute atomic E-state index is 0.109. The molecule has 0 amide bonds. The normalized spacial score (nSPS) is 11.6. The average molecular weight is 406 g/mol. The van der Waals surface area contributed by atoms with Crippen LogP contribution in [0.5, 0.6) is 0 Å². The van der Waals surface area contributed by atoms with Gasteiger partial charge < -0.3 is 0 Å². The second-order valence-corrected chi connectivity index (χ2v) is 7.85. The second-order valence-electron chi connectivity index (χ2n) is 4.73. The number of benzene rings is 2. The molecule has 130 valence electrons. The van der Waals surface area contributed by atoms with Crippen molar-refractivity contribution in [1.82, 2.24) is 4.98 Å². The molecule has 0 aliphatic rings. The third kappa shape index (κ3) is 3.38.